The van der Waals surface area contributed by atoms with Crippen molar-refractivity contribution in [3.05, 3.63) is 59.7 Å². The number of carboxylic acids is 1. The number of aliphatic carboxylic acids is 1. The largest absolute Gasteiger partial charge is 0.481 e. The Kier molecular flexibility index (Phi) is 3.24. The second-order valence-corrected chi connectivity index (χ2v) is 4.04. The van der Waals surface area contributed by atoms with E-state index in [-0.39, 0.29) is 6.42 Å². The van der Waals surface area contributed by atoms with Crippen LogP contribution in [-0.2, 0) is 11.2 Å². The maximum Gasteiger partial charge on any atom is 0.307 e. The number of hydrogen-bond donors (Lipinski definition) is 1. The first-order chi connectivity index (χ1) is 8.18. The van der Waals surface area contributed by atoms with E-state index >= 15 is 0 Å². The minimum absolute atomic E-state index is 0.0600. The van der Waals surface area contributed by atoms with Gasteiger partial charge in [0.1, 0.15) is 0 Å². The molecule has 2 rings (SSSR count). The molecule has 2 aromatic carbocycles. The van der Waals surface area contributed by atoms with Crippen LogP contribution in [0.25, 0.3) is 11.1 Å². The fourth-order valence-electron chi connectivity index (χ4n) is 1.98. The van der Waals surface area contributed by atoms with Crippen LogP contribution in [0.5, 0.6) is 0 Å². The Balaban J connectivity index is 2.52. The predicted molar refractivity (Wildman–Crippen MR) is 68.0 cm³/mol. The summed E-state index contributed by atoms with van der Waals surface area (Å²) in [6, 6.07) is 15.7. The van der Waals surface area contributed by atoms with Crippen molar-refractivity contribution in [2.75, 3.05) is 0 Å². The molecule has 0 spiro atoms. The maximum atomic E-state index is 10.8. The molecular formula is C15H14O2. The van der Waals surface area contributed by atoms with Gasteiger partial charge in [-0.2, -0.15) is 0 Å². The standard InChI is InChI=1S/C15H14O2/c1-11-6-2-4-8-13(11)14-9-5-3-7-12(14)10-15(16)17/h2-9H,10H2,1H3,(H,16,17). The first-order valence-electron chi connectivity index (χ1n) is 5.54. The van der Waals surface area contributed by atoms with Crippen LogP contribution >= 0.6 is 0 Å². The molecule has 0 aliphatic heterocycles. The van der Waals surface area contributed by atoms with Gasteiger partial charge in [0.05, 0.1) is 6.42 Å². The first kappa shape index (κ1) is 11.4. The molecule has 0 heterocycles. The fourth-order valence-corrected chi connectivity index (χ4v) is 1.98. The molecule has 0 radical (unpaired) electrons. The normalized spacial score (nSPS) is 10.2. The van der Waals surface area contributed by atoms with Gasteiger partial charge in [-0.1, -0.05) is 48.5 Å². The van der Waals surface area contributed by atoms with Gasteiger partial charge in [-0.3, -0.25) is 4.79 Å². The van der Waals surface area contributed by atoms with Gasteiger partial charge in [-0.15, -0.1) is 0 Å². The van der Waals surface area contributed by atoms with Gasteiger partial charge in [-0.05, 0) is 29.2 Å². The summed E-state index contributed by atoms with van der Waals surface area (Å²) in [4.78, 5) is 10.8. The minimum Gasteiger partial charge on any atom is -0.481 e. The van der Waals surface area contributed by atoms with Crippen LogP contribution in [0.2, 0.25) is 0 Å². The Hall–Kier alpha value is -2.09. The number of aryl methyl sites for hydroxylation is 1. The summed E-state index contributed by atoms with van der Waals surface area (Å²) in [5, 5.41) is 8.91. The van der Waals surface area contributed by atoms with Gasteiger partial charge in [0.25, 0.3) is 0 Å². The third-order valence-corrected chi connectivity index (χ3v) is 2.79. The van der Waals surface area contributed by atoms with E-state index in [1.807, 2.05) is 55.5 Å². The number of carboxylic acid groups (broad SMARTS) is 1. The van der Waals surface area contributed by atoms with E-state index in [1.165, 1.54) is 0 Å². The number of hydrogen-bond acceptors (Lipinski definition) is 1. The highest BCUT2D eigenvalue weighted by atomic mass is 16.4. The Morgan fingerprint density at radius 1 is 1.00 bits per heavy atom. The van der Waals surface area contributed by atoms with Crippen molar-refractivity contribution in [3.63, 3.8) is 0 Å². The van der Waals surface area contributed by atoms with Crippen molar-refractivity contribution in [2.24, 2.45) is 0 Å². The molecular weight excluding hydrogens is 212 g/mol. The predicted octanol–water partition coefficient (Wildman–Crippen LogP) is 3.29. The van der Waals surface area contributed by atoms with Crippen molar-refractivity contribution < 1.29 is 9.90 Å². The number of benzene rings is 2. The Bertz CT molecular complexity index is 544. The van der Waals surface area contributed by atoms with Crippen LogP contribution < -0.4 is 0 Å². The van der Waals surface area contributed by atoms with Crippen LogP contribution in [0.15, 0.2) is 48.5 Å². The van der Waals surface area contributed by atoms with E-state index in [1.54, 1.807) is 0 Å². The molecule has 1 N–H and O–H groups in total. The summed E-state index contributed by atoms with van der Waals surface area (Å²) in [6.07, 6.45) is 0.0600. The molecule has 0 aromatic heterocycles. The molecule has 0 saturated heterocycles. The van der Waals surface area contributed by atoms with Gasteiger partial charge >= 0.3 is 5.97 Å². The zero-order valence-electron chi connectivity index (χ0n) is 9.68. The average molecular weight is 226 g/mol. The number of rotatable bonds is 3. The van der Waals surface area contributed by atoms with E-state index in [0.29, 0.717) is 0 Å². The SMILES string of the molecule is Cc1ccccc1-c1ccccc1CC(=O)O. The van der Waals surface area contributed by atoms with Gasteiger partial charge in [0.2, 0.25) is 0 Å². The Morgan fingerprint density at radius 2 is 1.59 bits per heavy atom. The molecule has 0 saturated carbocycles. The van der Waals surface area contributed by atoms with Crippen LogP contribution in [0.1, 0.15) is 11.1 Å². The van der Waals surface area contributed by atoms with E-state index in [2.05, 4.69) is 0 Å². The molecule has 0 aliphatic carbocycles. The van der Waals surface area contributed by atoms with Crippen LogP contribution in [0.3, 0.4) is 0 Å². The summed E-state index contributed by atoms with van der Waals surface area (Å²) < 4.78 is 0. The lowest BCUT2D eigenvalue weighted by Gasteiger charge is -2.10. The van der Waals surface area contributed by atoms with Crippen LogP contribution in [-0.4, -0.2) is 11.1 Å². The highest BCUT2D eigenvalue weighted by Crippen LogP contribution is 2.26. The second-order valence-electron chi connectivity index (χ2n) is 4.04. The Morgan fingerprint density at radius 3 is 2.24 bits per heavy atom. The summed E-state index contributed by atoms with van der Waals surface area (Å²) in [6.45, 7) is 2.03. The summed E-state index contributed by atoms with van der Waals surface area (Å²) in [5.74, 6) is -0.800. The number of carbonyl (C=O) groups is 1. The lowest BCUT2D eigenvalue weighted by atomic mass is 9.95. The van der Waals surface area contributed by atoms with Crippen molar-refractivity contribution in [1.29, 1.82) is 0 Å². The first-order valence-corrected chi connectivity index (χ1v) is 5.54. The molecule has 0 unspecified atom stereocenters. The van der Waals surface area contributed by atoms with E-state index < -0.39 is 5.97 Å². The topological polar surface area (TPSA) is 37.3 Å². The fraction of sp³-hybridized carbons (Fsp3) is 0.133. The smallest absolute Gasteiger partial charge is 0.307 e. The zero-order chi connectivity index (χ0) is 12.3. The van der Waals surface area contributed by atoms with E-state index in [9.17, 15) is 4.79 Å². The second kappa shape index (κ2) is 4.83. The molecule has 2 heteroatoms. The monoisotopic (exact) mass is 226 g/mol. The van der Waals surface area contributed by atoms with Gasteiger partial charge in [0, 0.05) is 0 Å². The quantitative estimate of drug-likeness (QED) is 0.872. The molecule has 0 bridgehead atoms. The molecule has 17 heavy (non-hydrogen) atoms. The highest BCUT2D eigenvalue weighted by molar-refractivity contribution is 5.77. The Labute approximate surface area is 101 Å². The van der Waals surface area contributed by atoms with Gasteiger partial charge in [-0.25, -0.2) is 0 Å². The third kappa shape index (κ3) is 2.53. The average Bonchev–Trinajstić information content (AvgIpc) is 2.30. The van der Waals surface area contributed by atoms with Crippen molar-refractivity contribution in [2.45, 2.75) is 13.3 Å². The molecule has 2 nitrogen and oxygen atoms in total. The minimum atomic E-state index is -0.800. The highest BCUT2D eigenvalue weighted by Gasteiger charge is 2.09. The third-order valence-electron chi connectivity index (χ3n) is 2.79. The summed E-state index contributed by atoms with van der Waals surface area (Å²) >= 11 is 0. The molecule has 2 aromatic rings. The maximum absolute atomic E-state index is 10.8. The van der Waals surface area contributed by atoms with E-state index in [4.69, 9.17) is 5.11 Å². The molecule has 0 amide bonds. The molecule has 0 aliphatic rings. The van der Waals surface area contributed by atoms with Gasteiger partial charge < -0.3 is 5.11 Å². The summed E-state index contributed by atoms with van der Waals surface area (Å²) in [7, 11) is 0. The van der Waals surface area contributed by atoms with Crippen LogP contribution in [0, 0.1) is 6.92 Å². The van der Waals surface area contributed by atoms with Crippen molar-refractivity contribution in [3.8, 4) is 11.1 Å². The van der Waals surface area contributed by atoms with E-state index in [0.717, 1.165) is 22.3 Å². The van der Waals surface area contributed by atoms with Crippen LogP contribution in [0.4, 0.5) is 0 Å². The van der Waals surface area contributed by atoms with Crippen molar-refractivity contribution in [1.82, 2.24) is 0 Å². The molecule has 86 valence electrons. The zero-order valence-corrected chi connectivity index (χ0v) is 9.68. The lowest BCUT2D eigenvalue weighted by Crippen LogP contribution is -2.02. The van der Waals surface area contributed by atoms with Gasteiger partial charge in [0.15, 0.2) is 0 Å². The molecule has 0 atom stereocenters. The lowest BCUT2D eigenvalue weighted by molar-refractivity contribution is -0.136. The molecule has 0 fully saturated rings. The summed E-state index contributed by atoms with van der Waals surface area (Å²) in [5.41, 5.74) is 4.12. The van der Waals surface area contributed by atoms with Crippen molar-refractivity contribution >= 4 is 5.97 Å².